The van der Waals surface area contributed by atoms with Crippen molar-refractivity contribution >= 4 is 0 Å². The van der Waals surface area contributed by atoms with E-state index >= 15 is 0 Å². The van der Waals surface area contributed by atoms with Crippen LogP contribution in [-0.4, -0.2) is 96.6 Å². The van der Waals surface area contributed by atoms with Gasteiger partial charge < -0.3 is 4.90 Å². The van der Waals surface area contributed by atoms with Crippen LogP contribution in [0.3, 0.4) is 0 Å². The number of piperazine rings is 1. The fourth-order valence-electron chi connectivity index (χ4n) is 3.67. The first-order valence-electron chi connectivity index (χ1n) is 8.12. The van der Waals surface area contributed by atoms with Gasteiger partial charge in [0.15, 0.2) is 0 Å². The molecule has 110 valence electrons. The maximum Gasteiger partial charge on any atom is 0.0351 e. The summed E-state index contributed by atoms with van der Waals surface area (Å²) in [7, 11) is 0. The first kappa shape index (κ1) is 13.8. The molecule has 3 aliphatic heterocycles. The summed E-state index contributed by atoms with van der Waals surface area (Å²) in [5.41, 5.74) is 0. The van der Waals surface area contributed by atoms with Crippen molar-refractivity contribution in [3.8, 4) is 0 Å². The predicted octanol–water partition coefficient (Wildman–Crippen LogP) is 0.401. The van der Waals surface area contributed by atoms with Gasteiger partial charge in [-0.2, -0.15) is 0 Å². The summed E-state index contributed by atoms with van der Waals surface area (Å²) in [5, 5.41) is 0. The molecule has 0 aromatic heterocycles. The third-order valence-electron chi connectivity index (χ3n) is 5.39. The molecule has 3 aliphatic rings. The van der Waals surface area contributed by atoms with Crippen molar-refractivity contribution in [1.29, 1.82) is 0 Å². The fourth-order valence-corrected chi connectivity index (χ4v) is 3.67. The predicted molar refractivity (Wildman–Crippen MR) is 79.5 cm³/mol. The lowest BCUT2D eigenvalue weighted by molar-refractivity contribution is -0.0603. The molecule has 0 N–H and O–H groups in total. The maximum absolute atomic E-state index is 2.73. The largest absolute Gasteiger partial charge is 0.300 e. The Morgan fingerprint density at radius 3 is 1.95 bits per heavy atom. The van der Waals surface area contributed by atoms with E-state index in [0.717, 1.165) is 18.1 Å². The minimum atomic E-state index is 0.718. The minimum Gasteiger partial charge on any atom is -0.300 e. The lowest BCUT2D eigenvalue weighted by Crippen LogP contribution is -2.70. The average molecular weight is 266 g/mol. The SMILES string of the molecule is CCN1CC(N2CC(N3CCN(C(C)C)CC3)C2)C1. The van der Waals surface area contributed by atoms with E-state index in [4.69, 9.17) is 0 Å². The normalized spacial score (nSPS) is 29.7. The van der Waals surface area contributed by atoms with E-state index in [1.165, 1.54) is 58.9 Å². The highest BCUT2D eigenvalue weighted by Crippen LogP contribution is 2.24. The van der Waals surface area contributed by atoms with Gasteiger partial charge in [0.2, 0.25) is 0 Å². The van der Waals surface area contributed by atoms with Crippen molar-refractivity contribution in [2.45, 2.75) is 38.9 Å². The van der Waals surface area contributed by atoms with Gasteiger partial charge >= 0.3 is 0 Å². The number of hydrogen-bond donors (Lipinski definition) is 0. The van der Waals surface area contributed by atoms with Crippen LogP contribution in [0.1, 0.15) is 20.8 Å². The van der Waals surface area contributed by atoms with Crippen molar-refractivity contribution in [1.82, 2.24) is 19.6 Å². The van der Waals surface area contributed by atoms with Crippen molar-refractivity contribution in [3.05, 3.63) is 0 Å². The molecule has 0 aliphatic carbocycles. The van der Waals surface area contributed by atoms with Crippen LogP contribution in [-0.2, 0) is 0 Å². The summed E-state index contributed by atoms with van der Waals surface area (Å²) >= 11 is 0. The summed E-state index contributed by atoms with van der Waals surface area (Å²) in [6.07, 6.45) is 0. The Hall–Kier alpha value is -0.160. The summed E-state index contributed by atoms with van der Waals surface area (Å²) in [4.78, 5) is 10.6. The zero-order valence-corrected chi connectivity index (χ0v) is 12.9. The summed E-state index contributed by atoms with van der Waals surface area (Å²) < 4.78 is 0. The first-order chi connectivity index (χ1) is 9.17. The minimum absolute atomic E-state index is 0.718. The smallest absolute Gasteiger partial charge is 0.0351 e. The van der Waals surface area contributed by atoms with E-state index in [2.05, 4.69) is 40.4 Å². The van der Waals surface area contributed by atoms with Crippen LogP contribution in [0.5, 0.6) is 0 Å². The molecule has 3 fully saturated rings. The molecule has 0 aromatic carbocycles. The standard InChI is InChI=1S/C15H30N4/c1-4-16-9-14(10-16)19-11-15(12-19)18-7-5-17(6-8-18)13(2)3/h13-15H,4-12H2,1-3H3. The molecule has 0 bridgehead atoms. The van der Waals surface area contributed by atoms with Crippen molar-refractivity contribution < 1.29 is 0 Å². The van der Waals surface area contributed by atoms with Crippen molar-refractivity contribution in [2.75, 3.05) is 58.9 Å². The van der Waals surface area contributed by atoms with Gasteiger partial charge in [-0.05, 0) is 20.4 Å². The lowest BCUT2D eigenvalue weighted by Gasteiger charge is -2.55. The Morgan fingerprint density at radius 2 is 1.42 bits per heavy atom. The molecule has 19 heavy (non-hydrogen) atoms. The molecule has 3 saturated heterocycles. The number of nitrogens with zero attached hydrogens (tertiary/aromatic N) is 4. The fraction of sp³-hybridized carbons (Fsp3) is 1.00. The monoisotopic (exact) mass is 266 g/mol. The Kier molecular flexibility index (Phi) is 4.13. The zero-order valence-electron chi connectivity index (χ0n) is 12.9. The number of rotatable bonds is 4. The lowest BCUT2D eigenvalue weighted by atomic mass is 9.98. The highest BCUT2D eigenvalue weighted by atomic mass is 15.4. The summed E-state index contributed by atoms with van der Waals surface area (Å²) in [5.74, 6) is 0. The van der Waals surface area contributed by atoms with Crippen LogP contribution in [0.15, 0.2) is 0 Å². The molecule has 3 rings (SSSR count). The highest BCUT2D eigenvalue weighted by Gasteiger charge is 2.40. The molecular weight excluding hydrogens is 236 g/mol. The summed E-state index contributed by atoms with van der Waals surface area (Å²) in [6, 6.07) is 2.44. The van der Waals surface area contributed by atoms with Gasteiger partial charge in [-0.1, -0.05) is 6.92 Å². The molecule has 3 heterocycles. The van der Waals surface area contributed by atoms with Crippen molar-refractivity contribution in [3.63, 3.8) is 0 Å². The van der Waals surface area contributed by atoms with Gasteiger partial charge in [-0.25, -0.2) is 0 Å². The van der Waals surface area contributed by atoms with Gasteiger partial charge in [0.1, 0.15) is 0 Å². The average Bonchev–Trinajstić information content (AvgIpc) is 2.30. The van der Waals surface area contributed by atoms with Gasteiger partial charge in [-0.15, -0.1) is 0 Å². The Morgan fingerprint density at radius 1 is 0.842 bits per heavy atom. The first-order valence-corrected chi connectivity index (χ1v) is 8.12. The molecule has 4 heteroatoms. The number of likely N-dealkylation sites (N-methyl/N-ethyl adjacent to an activating group) is 1. The summed E-state index contributed by atoms with van der Waals surface area (Å²) in [6.45, 7) is 18.5. The highest BCUT2D eigenvalue weighted by molar-refractivity contribution is 4.98. The molecule has 0 atom stereocenters. The topological polar surface area (TPSA) is 13.0 Å². The van der Waals surface area contributed by atoms with Gasteiger partial charge in [0, 0.05) is 70.5 Å². The molecule has 0 saturated carbocycles. The van der Waals surface area contributed by atoms with Gasteiger partial charge in [0.05, 0.1) is 0 Å². The molecule has 0 amide bonds. The van der Waals surface area contributed by atoms with E-state index in [1.54, 1.807) is 0 Å². The molecule has 4 nitrogen and oxygen atoms in total. The molecular formula is C15H30N4. The van der Waals surface area contributed by atoms with Crippen LogP contribution < -0.4 is 0 Å². The second-order valence-electron chi connectivity index (χ2n) is 6.78. The molecule has 0 radical (unpaired) electrons. The maximum atomic E-state index is 2.73. The van der Waals surface area contributed by atoms with E-state index in [0.29, 0.717) is 0 Å². The Balaban J connectivity index is 1.36. The molecule has 0 aromatic rings. The van der Waals surface area contributed by atoms with Gasteiger partial charge in [-0.3, -0.25) is 14.7 Å². The second kappa shape index (κ2) is 5.68. The molecule has 0 spiro atoms. The third kappa shape index (κ3) is 2.82. The Bertz CT molecular complexity index is 287. The number of likely N-dealkylation sites (tertiary alicyclic amines) is 2. The van der Waals surface area contributed by atoms with Crippen LogP contribution >= 0.6 is 0 Å². The third-order valence-corrected chi connectivity index (χ3v) is 5.39. The second-order valence-corrected chi connectivity index (χ2v) is 6.78. The zero-order chi connectivity index (χ0) is 13.4. The van der Waals surface area contributed by atoms with Crippen LogP contribution in [0.4, 0.5) is 0 Å². The van der Waals surface area contributed by atoms with E-state index < -0.39 is 0 Å². The van der Waals surface area contributed by atoms with E-state index in [1.807, 2.05) is 0 Å². The van der Waals surface area contributed by atoms with Crippen LogP contribution in [0, 0.1) is 0 Å². The van der Waals surface area contributed by atoms with Crippen molar-refractivity contribution in [2.24, 2.45) is 0 Å². The quantitative estimate of drug-likeness (QED) is 0.730. The number of hydrogen-bond acceptors (Lipinski definition) is 4. The Labute approximate surface area is 118 Å². The van der Waals surface area contributed by atoms with Gasteiger partial charge in [0.25, 0.3) is 0 Å². The van der Waals surface area contributed by atoms with Crippen LogP contribution in [0.2, 0.25) is 0 Å². The van der Waals surface area contributed by atoms with E-state index in [-0.39, 0.29) is 0 Å². The van der Waals surface area contributed by atoms with Crippen LogP contribution in [0.25, 0.3) is 0 Å². The molecule has 0 unspecified atom stereocenters. The van der Waals surface area contributed by atoms with E-state index in [9.17, 15) is 0 Å².